The number of anilines is 1. The number of pyridine rings is 1. The van der Waals surface area contributed by atoms with Crippen molar-refractivity contribution in [2.45, 2.75) is 6.92 Å². The molecule has 0 bridgehead atoms. The topological polar surface area (TPSA) is 54.0 Å². The second kappa shape index (κ2) is 5.65. The molecular weight excluding hydrogens is 365 g/mol. The molecule has 8 heteroatoms. The number of rotatable bonds is 1. The fourth-order valence-corrected chi connectivity index (χ4v) is 2.11. The van der Waals surface area contributed by atoms with Crippen LogP contribution in [0.1, 0.15) is 6.92 Å². The van der Waals surface area contributed by atoms with Crippen molar-refractivity contribution in [1.82, 2.24) is 10.3 Å². The lowest BCUT2D eigenvalue weighted by atomic mass is 10.4. The first-order valence-electron chi connectivity index (χ1n) is 4.00. The molecule has 0 fully saturated rings. The van der Waals surface area contributed by atoms with Crippen LogP contribution in [0, 0.1) is 5.95 Å². The summed E-state index contributed by atoms with van der Waals surface area (Å²) in [6, 6.07) is 1.49. The van der Waals surface area contributed by atoms with E-state index >= 15 is 0 Å². The Hall–Kier alpha value is -0.600. The van der Waals surface area contributed by atoms with Crippen LogP contribution in [0.5, 0.6) is 0 Å². The molecule has 2 N–H and O–H groups in total. The molecule has 1 heterocycles. The van der Waals surface area contributed by atoms with Crippen LogP contribution in [0.4, 0.5) is 10.2 Å². The van der Waals surface area contributed by atoms with Gasteiger partial charge in [0.1, 0.15) is 5.82 Å². The van der Waals surface area contributed by atoms with Gasteiger partial charge in [0.25, 0.3) is 0 Å². The lowest BCUT2D eigenvalue weighted by Gasteiger charge is -2.09. The van der Waals surface area contributed by atoms with Crippen molar-refractivity contribution in [3.05, 3.63) is 21.0 Å². The molecular formula is C8H6Br2FN3OS. The predicted molar refractivity (Wildman–Crippen MR) is 69.6 cm³/mol. The Bertz CT molecular complexity index is 455. The smallest absolute Gasteiger partial charge is 0.229 e. The number of halogens is 3. The predicted octanol–water partition coefficient (Wildman–Crippen LogP) is 2.58. The van der Waals surface area contributed by atoms with Crippen LogP contribution in [0.25, 0.3) is 0 Å². The van der Waals surface area contributed by atoms with Crippen molar-refractivity contribution in [3.8, 4) is 0 Å². The van der Waals surface area contributed by atoms with Crippen molar-refractivity contribution < 1.29 is 9.18 Å². The Balaban J connectivity index is 2.85. The lowest BCUT2D eigenvalue weighted by Crippen LogP contribution is -2.32. The third-order valence-electron chi connectivity index (χ3n) is 1.41. The van der Waals surface area contributed by atoms with Gasteiger partial charge < -0.3 is 10.6 Å². The van der Waals surface area contributed by atoms with E-state index in [2.05, 4.69) is 47.5 Å². The van der Waals surface area contributed by atoms with Crippen LogP contribution in [-0.2, 0) is 4.79 Å². The highest BCUT2D eigenvalue weighted by molar-refractivity contribution is 9.11. The Labute approximate surface area is 113 Å². The summed E-state index contributed by atoms with van der Waals surface area (Å²) in [7, 11) is 0. The van der Waals surface area contributed by atoms with Gasteiger partial charge in [0.2, 0.25) is 11.9 Å². The highest BCUT2D eigenvalue weighted by Crippen LogP contribution is 2.25. The first-order valence-corrected chi connectivity index (χ1v) is 5.99. The Kier molecular flexibility index (Phi) is 4.75. The summed E-state index contributed by atoms with van der Waals surface area (Å²) >= 11 is 11.0. The summed E-state index contributed by atoms with van der Waals surface area (Å²) in [6.07, 6.45) is 0. The van der Waals surface area contributed by atoms with Crippen molar-refractivity contribution in [3.63, 3.8) is 0 Å². The van der Waals surface area contributed by atoms with E-state index in [0.29, 0.717) is 4.47 Å². The molecule has 1 aromatic heterocycles. The molecule has 86 valence electrons. The molecule has 16 heavy (non-hydrogen) atoms. The number of hydrogen-bond acceptors (Lipinski definition) is 3. The highest BCUT2D eigenvalue weighted by Gasteiger charge is 2.09. The minimum atomic E-state index is -0.670. The van der Waals surface area contributed by atoms with E-state index in [1.54, 1.807) is 0 Å². The first-order chi connectivity index (χ1) is 7.40. The van der Waals surface area contributed by atoms with Gasteiger partial charge in [-0.25, -0.2) is 4.98 Å². The lowest BCUT2D eigenvalue weighted by molar-refractivity contribution is -0.117. The molecule has 0 radical (unpaired) electrons. The summed E-state index contributed by atoms with van der Waals surface area (Å²) in [4.78, 5) is 14.3. The maximum absolute atomic E-state index is 13.1. The minimum Gasteiger partial charge on any atom is -0.316 e. The van der Waals surface area contributed by atoms with E-state index in [1.807, 2.05) is 0 Å². The SMILES string of the molecule is CC(=O)NC(=S)Nc1nc(F)c(Br)cc1Br. The van der Waals surface area contributed by atoms with E-state index in [0.717, 1.165) is 0 Å². The third kappa shape index (κ3) is 3.76. The van der Waals surface area contributed by atoms with Crippen molar-refractivity contribution in [2.24, 2.45) is 0 Å². The third-order valence-corrected chi connectivity index (χ3v) is 2.77. The van der Waals surface area contributed by atoms with Gasteiger partial charge in [0.05, 0.1) is 8.95 Å². The van der Waals surface area contributed by atoms with Crippen molar-refractivity contribution >= 4 is 60.9 Å². The number of thiocarbonyl (C=S) groups is 1. The molecule has 1 rings (SSSR count). The second-order valence-corrected chi connectivity index (χ2v) is 4.84. The van der Waals surface area contributed by atoms with Gasteiger partial charge >= 0.3 is 0 Å². The van der Waals surface area contributed by atoms with Gasteiger partial charge in [-0.15, -0.1) is 0 Å². The zero-order chi connectivity index (χ0) is 12.3. The molecule has 0 atom stereocenters. The standard InChI is InChI=1S/C8H6Br2FN3OS/c1-3(15)12-8(16)14-7-5(10)2-4(9)6(11)13-7/h2H,1H3,(H2,12,13,14,15,16). The van der Waals surface area contributed by atoms with Gasteiger partial charge in [0, 0.05) is 6.92 Å². The fourth-order valence-electron chi connectivity index (χ4n) is 0.830. The van der Waals surface area contributed by atoms with E-state index < -0.39 is 5.95 Å². The van der Waals surface area contributed by atoms with Crippen LogP contribution in [0.3, 0.4) is 0 Å². The monoisotopic (exact) mass is 369 g/mol. The number of nitrogens with zero attached hydrogens (tertiary/aromatic N) is 1. The van der Waals surface area contributed by atoms with E-state index in [9.17, 15) is 9.18 Å². The zero-order valence-electron chi connectivity index (χ0n) is 7.97. The largest absolute Gasteiger partial charge is 0.316 e. The number of hydrogen-bond donors (Lipinski definition) is 2. The van der Waals surface area contributed by atoms with Crippen molar-refractivity contribution in [1.29, 1.82) is 0 Å². The molecule has 0 spiro atoms. The molecule has 0 aliphatic carbocycles. The average Bonchev–Trinajstić information content (AvgIpc) is 2.12. The normalized spacial score (nSPS) is 9.75. The Morgan fingerprint density at radius 2 is 2.12 bits per heavy atom. The maximum atomic E-state index is 13.1. The average molecular weight is 371 g/mol. The molecule has 0 aromatic carbocycles. The van der Waals surface area contributed by atoms with E-state index in [1.165, 1.54) is 13.0 Å². The number of carbonyl (C=O) groups excluding carboxylic acids is 1. The van der Waals surface area contributed by atoms with Gasteiger partial charge in [-0.2, -0.15) is 4.39 Å². The summed E-state index contributed by atoms with van der Waals surface area (Å²) in [6.45, 7) is 1.32. The quantitative estimate of drug-likeness (QED) is 0.589. The molecule has 0 saturated heterocycles. The molecule has 0 aliphatic rings. The second-order valence-electron chi connectivity index (χ2n) is 2.73. The van der Waals surface area contributed by atoms with Crippen LogP contribution in [0.15, 0.2) is 15.0 Å². The van der Waals surface area contributed by atoms with Gasteiger partial charge in [-0.3, -0.25) is 4.79 Å². The molecule has 0 unspecified atom stereocenters. The first kappa shape index (κ1) is 13.5. The van der Waals surface area contributed by atoms with Gasteiger partial charge in [-0.05, 0) is 50.1 Å². The summed E-state index contributed by atoms with van der Waals surface area (Å²) < 4.78 is 13.9. The van der Waals surface area contributed by atoms with Gasteiger partial charge in [-0.1, -0.05) is 0 Å². The Morgan fingerprint density at radius 1 is 1.50 bits per heavy atom. The minimum absolute atomic E-state index is 0.0578. The highest BCUT2D eigenvalue weighted by atomic mass is 79.9. The number of aromatic nitrogens is 1. The Morgan fingerprint density at radius 3 is 2.69 bits per heavy atom. The summed E-state index contributed by atoms with van der Waals surface area (Å²) in [5.74, 6) is -0.790. The maximum Gasteiger partial charge on any atom is 0.229 e. The van der Waals surface area contributed by atoms with Crippen LogP contribution in [-0.4, -0.2) is 16.0 Å². The number of nitrogens with one attached hydrogen (secondary N) is 2. The molecule has 4 nitrogen and oxygen atoms in total. The van der Waals surface area contributed by atoms with Crippen LogP contribution < -0.4 is 10.6 Å². The van der Waals surface area contributed by atoms with E-state index in [-0.39, 0.29) is 21.3 Å². The van der Waals surface area contributed by atoms with E-state index in [4.69, 9.17) is 12.2 Å². The summed E-state index contributed by atoms with van der Waals surface area (Å²) in [5.41, 5.74) is 0. The summed E-state index contributed by atoms with van der Waals surface area (Å²) in [5, 5.41) is 4.99. The molecule has 0 saturated carbocycles. The fraction of sp³-hybridized carbons (Fsp3) is 0.125. The zero-order valence-corrected chi connectivity index (χ0v) is 12.0. The number of amides is 1. The molecule has 1 aromatic rings. The number of carbonyl (C=O) groups is 1. The van der Waals surface area contributed by atoms with Crippen LogP contribution >= 0.6 is 44.1 Å². The van der Waals surface area contributed by atoms with Gasteiger partial charge in [0.15, 0.2) is 5.11 Å². The van der Waals surface area contributed by atoms with Crippen LogP contribution in [0.2, 0.25) is 0 Å². The van der Waals surface area contributed by atoms with Crippen molar-refractivity contribution in [2.75, 3.05) is 5.32 Å². The molecule has 0 aliphatic heterocycles. The molecule has 1 amide bonds.